The number of piperidine rings is 1. The summed E-state index contributed by atoms with van der Waals surface area (Å²) < 4.78 is 1.81. The van der Waals surface area contributed by atoms with Gasteiger partial charge < -0.3 is 5.11 Å². The van der Waals surface area contributed by atoms with Crippen molar-refractivity contribution in [3.63, 3.8) is 0 Å². The summed E-state index contributed by atoms with van der Waals surface area (Å²) in [6.07, 6.45) is 4.58. The van der Waals surface area contributed by atoms with Crippen LogP contribution in [0.2, 0.25) is 5.02 Å². The van der Waals surface area contributed by atoms with Gasteiger partial charge in [0.25, 0.3) is 0 Å². The minimum absolute atomic E-state index is 0.273. The molecule has 1 aromatic heterocycles. The number of carboxylic acids is 1. The first-order valence-electron chi connectivity index (χ1n) is 7.76. The van der Waals surface area contributed by atoms with E-state index in [-0.39, 0.29) is 5.92 Å². The Morgan fingerprint density at radius 3 is 2.78 bits per heavy atom. The minimum atomic E-state index is -0.696. The van der Waals surface area contributed by atoms with E-state index < -0.39 is 5.97 Å². The van der Waals surface area contributed by atoms with Gasteiger partial charge >= 0.3 is 5.97 Å². The zero-order valence-electron chi connectivity index (χ0n) is 13.0. The lowest BCUT2D eigenvalue weighted by molar-refractivity contribution is -0.144. The van der Waals surface area contributed by atoms with Crippen LogP contribution in [0.25, 0.3) is 5.69 Å². The van der Waals surface area contributed by atoms with Gasteiger partial charge in [0.15, 0.2) is 0 Å². The number of rotatable bonds is 4. The number of likely N-dealkylation sites (tertiary alicyclic amines) is 1. The van der Waals surface area contributed by atoms with Crippen LogP contribution in [-0.4, -0.2) is 38.8 Å². The molecule has 1 N–H and O–H groups in total. The molecule has 1 aromatic carbocycles. The second-order valence-electron chi connectivity index (χ2n) is 6.34. The van der Waals surface area contributed by atoms with Crippen molar-refractivity contribution in [2.75, 3.05) is 13.1 Å². The smallest absolute Gasteiger partial charge is 0.307 e. The molecule has 0 radical (unpaired) electrons. The summed E-state index contributed by atoms with van der Waals surface area (Å²) in [4.78, 5) is 13.5. The first-order chi connectivity index (χ1) is 11.0. The standard InChI is InChI=1S/C17H20ClN3O2/c1-12-6-14(17(22)23)11-20(8-12)9-13-7-19-21(10-13)16-4-2-15(18)3-5-16/h2-5,7,10,12,14H,6,8-9,11H2,1H3,(H,22,23). The van der Waals surface area contributed by atoms with E-state index in [9.17, 15) is 9.90 Å². The van der Waals surface area contributed by atoms with Crippen molar-refractivity contribution in [1.29, 1.82) is 0 Å². The molecule has 1 aliphatic rings. The van der Waals surface area contributed by atoms with Gasteiger partial charge in [0.2, 0.25) is 0 Å². The van der Waals surface area contributed by atoms with Crippen LogP contribution in [0.5, 0.6) is 0 Å². The Bertz CT molecular complexity index is 683. The first-order valence-corrected chi connectivity index (χ1v) is 8.13. The predicted molar refractivity (Wildman–Crippen MR) is 88.8 cm³/mol. The molecular weight excluding hydrogens is 314 g/mol. The van der Waals surface area contributed by atoms with Gasteiger partial charge in [0.05, 0.1) is 17.8 Å². The third kappa shape index (κ3) is 3.92. The second kappa shape index (κ2) is 6.72. The third-order valence-corrected chi connectivity index (χ3v) is 4.47. The Labute approximate surface area is 140 Å². The van der Waals surface area contributed by atoms with Gasteiger partial charge in [-0.15, -0.1) is 0 Å². The largest absolute Gasteiger partial charge is 0.481 e. The number of aromatic nitrogens is 2. The van der Waals surface area contributed by atoms with E-state index in [0.29, 0.717) is 17.5 Å². The number of carbonyl (C=O) groups is 1. The number of carboxylic acid groups (broad SMARTS) is 1. The van der Waals surface area contributed by atoms with E-state index in [4.69, 9.17) is 11.6 Å². The molecule has 5 nitrogen and oxygen atoms in total. The lowest BCUT2D eigenvalue weighted by atomic mass is 9.90. The van der Waals surface area contributed by atoms with Crippen LogP contribution in [0, 0.1) is 11.8 Å². The number of hydrogen-bond donors (Lipinski definition) is 1. The maximum absolute atomic E-state index is 11.3. The predicted octanol–water partition coefficient (Wildman–Crippen LogP) is 3.07. The second-order valence-corrected chi connectivity index (χ2v) is 6.78. The van der Waals surface area contributed by atoms with Gasteiger partial charge in [-0.2, -0.15) is 5.10 Å². The summed E-state index contributed by atoms with van der Waals surface area (Å²) in [7, 11) is 0. The van der Waals surface area contributed by atoms with E-state index in [1.807, 2.05) is 41.3 Å². The average Bonchev–Trinajstić information content (AvgIpc) is 2.95. The van der Waals surface area contributed by atoms with E-state index in [2.05, 4.69) is 16.9 Å². The number of aliphatic carboxylic acids is 1. The van der Waals surface area contributed by atoms with Gasteiger partial charge in [0, 0.05) is 36.4 Å². The maximum Gasteiger partial charge on any atom is 0.307 e. The normalized spacial score (nSPS) is 22.2. The minimum Gasteiger partial charge on any atom is -0.481 e. The van der Waals surface area contributed by atoms with Gasteiger partial charge in [-0.1, -0.05) is 18.5 Å². The summed E-state index contributed by atoms with van der Waals surface area (Å²) >= 11 is 5.90. The Morgan fingerprint density at radius 1 is 1.35 bits per heavy atom. The zero-order valence-corrected chi connectivity index (χ0v) is 13.8. The molecular formula is C17H20ClN3O2. The van der Waals surface area contributed by atoms with Crippen LogP contribution < -0.4 is 0 Å². The topological polar surface area (TPSA) is 58.4 Å². The van der Waals surface area contributed by atoms with Gasteiger partial charge in [0.1, 0.15) is 0 Å². The van der Waals surface area contributed by atoms with Crippen molar-refractivity contribution in [2.45, 2.75) is 19.9 Å². The van der Waals surface area contributed by atoms with Crippen molar-refractivity contribution in [3.8, 4) is 5.69 Å². The van der Waals surface area contributed by atoms with Crippen LogP contribution in [0.3, 0.4) is 0 Å². The van der Waals surface area contributed by atoms with E-state index in [1.165, 1.54) is 0 Å². The fourth-order valence-electron chi connectivity index (χ4n) is 3.20. The number of hydrogen-bond acceptors (Lipinski definition) is 3. The van der Waals surface area contributed by atoms with Crippen LogP contribution in [-0.2, 0) is 11.3 Å². The summed E-state index contributed by atoms with van der Waals surface area (Å²) in [5.74, 6) is -0.570. The zero-order chi connectivity index (χ0) is 16.4. The van der Waals surface area contributed by atoms with Crippen molar-refractivity contribution < 1.29 is 9.90 Å². The molecule has 0 amide bonds. The van der Waals surface area contributed by atoms with Crippen molar-refractivity contribution in [2.24, 2.45) is 11.8 Å². The highest BCUT2D eigenvalue weighted by Gasteiger charge is 2.29. The molecule has 0 saturated carbocycles. The molecule has 0 spiro atoms. The fourth-order valence-corrected chi connectivity index (χ4v) is 3.33. The van der Waals surface area contributed by atoms with E-state index in [1.54, 1.807) is 0 Å². The van der Waals surface area contributed by atoms with Gasteiger partial charge in [-0.25, -0.2) is 4.68 Å². The average molecular weight is 334 g/mol. The highest BCUT2D eigenvalue weighted by molar-refractivity contribution is 6.30. The highest BCUT2D eigenvalue weighted by atomic mass is 35.5. The van der Waals surface area contributed by atoms with E-state index >= 15 is 0 Å². The molecule has 122 valence electrons. The Morgan fingerprint density at radius 2 is 2.09 bits per heavy atom. The van der Waals surface area contributed by atoms with Crippen molar-refractivity contribution in [3.05, 3.63) is 47.2 Å². The number of halogens is 1. The molecule has 1 fully saturated rings. The quantitative estimate of drug-likeness (QED) is 0.934. The summed E-state index contributed by atoms with van der Waals surface area (Å²) in [5.41, 5.74) is 2.04. The molecule has 3 rings (SSSR count). The van der Waals surface area contributed by atoms with E-state index in [0.717, 1.165) is 30.8 Å². The lowest BCUT2D eigenvalue weighted by Crippen LogP contribution is -2.41. The molecule has 6 heteroatoms. The molecule has 1 aliphatic heterocycles. The fraction of sp³-hybridized carbons (Fsp3) is 0.412. The van der Waals surface area contributed by atoms with Crippen LogP contribution in [0.4, 0.5) is 0 Å². The van der Waals surface area contributed by atoms with Crippen LogP contribution in [0.15, 0.2) is 36.7 Å². The summed E-state index contributed by atoms with van der Waals surface area (Å²) in [6.45, 7) is 4.36. The highest BCUT2D eigenvalue weighted by Crippen LogP contribution is 2.23. The maximum atomic E-state index is 11.3. The molecule has 0 bridgehead atoms. The van der Waals surface area contributed by atoms with Crippen molar-refractivity contribution in [1.82, 2.24) is 14.7 Å². The Balaban J connectivity index is 1.69. The summed E-state index contributed by atoms with van der Waals surface area (Å²) in [5, 5.41) is 14.3. The lowest BCUT2D eigenvalue weighted by Gasteiger charge is -2.34. The first kappa shape index (κ1) is 16.0. The molecule has 0 aliphatic carbocycles. The SMILES string of the molecule is CC1CC(C(=O)O)CN(Cc2cnn(-c3ccc(Cl)cc3)c2)C1. The third-order valence-electron chi connectivity index (χ3n) is 4.22. The molecule has 23 heavy (non-hydrogen) atoms. The Hall–Kier alpha value is -1.85. The molecule has 1 saturated heterocycles. The van der Waals surface area contributed by atoms with Crippen molar-refractivity contribution >= 4 is 17.6 Å². The number of benzene rings is 1. The molecule has 2 unspecified atom stereocenters. The number of nitrogens with zero attached hydrogens (tertiary/aromatic N) is 3. The van der Waals surface area contributed by atoms with Gasteiger partial charge in [-0.3, -0.25) is 9.69 Å². The molecule has 2 heterocycles. The van der Waals surface area contributed by atoms with Gasteiger partial charge in [-0.05, 0) is 36.6 Å². The summed E-state index contributed by atoms with van der Waals surface area (Å²) in [6, 6.07) is 7.51. The molecule has 2 aromatic rings. The van der Waals surface area contributed by atoms with Crippen LogP contribution in [0.1, 0.15) is 18.9 Å². The van der Waals surface area contributed by atoms with Crippen LogP contribution >= 0.6 is 11.6 Å². The monoisotopic (exact) mass is 333 g/mol. The molecule has 2 atom stereocenters. The Kier molecular flexibility index (Phi) is 4.68.